The number of anilines is 1. The number of aryl methyl sites for hydroxylation is 1. The third-order valence-corrected chi connectivity index (χ3v) is 3.92. The molecule has 4 heteroatoms. The van der Waals surface area contributed by atoms with E-state index in [9.17, 15) is 0 Å². The fourth-order valence-corrected chi connectivity index (χ4v) is 2.32. The summed E-state index contributed by atoms with van der Waals surface area (Å²) in [6.07, 6.45) is 5.61. The Labute approximate surface area is 111 Å². The van der Waals surface area contributed by atoms with Gasteiger partial charge in [0, 0.05) is 11.0 Å². The molecule has 1 N–H and O–H groups in total. The first-order valence-corrected chi connectivity index (χ1v) is 7.03. The maximum Gasteiger partial charge on any atom is 0.126 e. The van der Waals surface area contributed by atoms with Gasteiger partial charge in [0.05, 0.1) is 18.4 Å². The molecular formula is C13H19BrN2O. The van der Waals surface area contributed by atoms with E-state index in [4.69, 9.17) is 4.74 Å². The molecule has 1 fully saturated rings. The number of aromatic nitrogens is 1. The molecule has 1 aromatic heterocycles. The van der Waals surface area contributed by atoms with Crippen molar-refractivity contribution in [3.63, 3.8) is 0 Å². The van der Waals surface area contributed by atoms with E-state index in [-0.39, 0.29) is 0 Å². The molecule has 1 saturated carbocycles. The molecule has 1 heterocycles. The number of hydrogen-bond donors (Lipinski definition) is 1. The Morgan fingerprint density at radius 2 is 2.18 bits per heavy atom. The van der Waals surface area contributed by atoms with Gasteiger partial charge in [-0.25, -0.2) is 4.98 Å². The Morgan fingerprint density at radius 1 is 1.41 bits per heavy atom. The summed E-state index contributed by atoms with van der Waals surface area (Å²) in [6.45, 7) is 3.58. The number of ether oxygens (including phenoxy) is 1. The molecule has 1 aromatic rings. The third-order valence-electron chi connectivity index (χ3n) is 3.09. The van der Waals surface area contributed by atoms with Gasteiger partial charge in [0.2, 0.25) is 0 Å². The monoisotopic (exact) mass is 298 g/mol. The van der Waals surface area contributed by atoms with Crippen LogP contribution in [0.2, 0.25) is 0 Å². The van der Waals surface area contributed by atoms with Gasteiger partial charge in [-0.3, -0.25) is 0 Å². The van der Waals surface area contributed by atoms with Crippen molar-refractivity contribution in [1.82, 2.24) is 4.98 Å². The van der Waals surface area contributed by atoms with Crippen LogP contribution in [-0.2, 0) is 4.74 Å². The number of rotatable bonds is 5. The molecule has 0 aliphatic heterocycles. The lowest BCUT2D eigenvalue weighted by molar-refractivity contribution is 0.0658. The first-order valence-electron chi connectivity index (χ1n) is 6.24. The molecule has 1 aliphatic rings. The SMILES string of the molecule is Cc1nc(NCCOC2CCCC2)ccc1Br. The van der Waals surface area contributed by atoms with E-state index in [2.05, 4.69) is 26.2 Å². The summed E-state index contributed by atoms with van der Waals surface area (Å²) in [6, 6.07) is 4.00. The largest absolute Gasteiger partial charge is 0.376 e. The highest BCUT2D eigenvalue weighted by atomic mass is 79.9. The van der Waals surface area contributed by atoms with Crippen molar-refractivity contribution >= 4 is 21.7 Å². The average molecular weight is 299 g/mol. The minimum absolute atomic E-state index is 0.497. The van der Waals surface area contributed by atoms with Gasteiger partial charge in [0.15, 0.2) is 0 Å². The lowest BCUT2D eigenvalue weighted by atomic mass is 10.3. The minimum Gasteiger partial charge on any atom is -0.376 e. The van der Waals surface area contributed by atoms with Crippen LogP contribution >= 0.6 is 15.9 Å². The molecule has 0 amide bonds. The van der Waals surface area contributed by atoms with Crippen molar-refractivity contribution in [2.24, 2.45) is 0 Å². The Bertz CT molecular complexity index is 364. The first-order chi connectivity index (χ1) is 8.25. The second-order valence-corrected chi connectivity index (χ2v) is 5.32. The van der Waals surface area contributed by atoms with Gasteiger partial charge in [0.1, 0.15) is 5.82 Å². The van der Waals surface area contributed by atoms with Crippen molar-refractivity contribution in [3.05, 3.63) is 22.3 Å². The molecule has 2 rings (SSSR count). The zero-order valence-corrected chi connectivity index (χ0v) is 11.8. The standard InChI is InChI=1S/C13H19BrN2O/c1-10-12(14)6-7-13(16-10)15-8-9-17-11-4-2-3-5-11/h6-7,11H,2-5,8-9H2,1H3,(H,15,16). The number of halogens is 1. The predicted octanol–water partition coefficient (Wildman–Crippen LogP) is 3.52. The van der Waals surface area contributed by atoms with Gasteiger partial charge in [-0.2, -0.15) is 0 Å². The summed E-state index contributed by atoms with van der Waals surface area (Å²) < 4.78 is 6.83. The molecular weight excluding hydrogens is 280 g/mol. The maximum absolute atomic E-state index is 5.78. The van der Waals surface area contributed by atoms with Crippen LogP contribution in [0.15, 0.2) is 16.6 Å². The van der Waals surface area contributed by atoms with Gasteiger partial charge in [-0.1, -0.05) is 12.8 Å². The first kappa shape index (κ1) is 12.8. The average Bonchev–Trinajstić information content (AvgIpc) is 2.82. The van der Waals surface area contributed by atoms with Crippen LogP contribution in [0.3, 0.4) is 0 Å². The zero-order valence-electron chi connectivity index (χ0n) is 10.2. The summed E-state index contributed by atoms with van der Waals surface area (Å²) in [7, 11) is 0. The lowest BCUT2D eigenvalue weighted by Crippen LogP contribution is -2.15. The summed E-state index contributed by atoms with van der Waals surface area (Å²) in [5, 5.41) is 3.28. The molecule has 0 bridgehead atoms. The van der Waals surface area contributed by atoms with E-state index in [0.29, 0.717) is 6.10 Å². The number of nitrogens with zero attached hydrogens (tertiary/aromatic N) is 1. The normalized spacial score (nSPS) is 16.4. The molecule has 17 heavy (non-hydrogen) atoms. The fourth-order valence-electron chi connectivity index (χ4n) is 2.10. The van der Waals surface area contributed by atoms with Crippen molar-refractivity contribution in [3.8, 4) is 0 Å². The zero-order chi connectivity index (χ0) is 12.1. The molecule has 0 unspecified atom stereocenters. The Morgan fingerprint density at radius 3 is 2.88 bits per heavy atom. The predicted molar refractivity (Wildman–Crippen MR) is 73.4 cm³/mol. The molecule has 0 aromatic carbocycles. The molecule has 0 radical (unpaired) electrons. The smallest absolute Gasteiger partial charge is 0.126 e. The highest BCUT2D eigenvalue weighted by Gasteiger charge is 2.14. The van der Waals surface area contributed by atoms with Crippen LogP contribution < -0.4 is 5.32 Å². The van der Waals surface area contributed by atoms with Crippen LogP contribution in [0, 0.1) is 6.92 Å². The molecule has 0 spiro atoms. The van der Waals surface area contributed by atoms with Crippen LogP contribution in [0.1, 0.15) is 31.4 Å². The van der Waals surface area contributed by atoms with Crippen LogP contribution in [0.4, 0.5) is 5.82 Å². The van der Waals surface area contributed by atoms with E-state index in [1.807, 2.05) is 19.1 Å². The Kier molecular flexibility index (Phi) is 4.80. The summed E-state index contributed by atoms with van der Waals surface area (Å²) in [5.74, 6) is 0.917. The Balaban J connectivity index is 1.68. The summed E-state index contributed by atoms with van der Waals surface area (Å²) in [4.78, 5) is 4.43. The van der Waals surface area contributed by atoms with Crippen molar-refractivity contribution in [2.45, 2.75) is 38.7 Å². The van der Waals surface area contributed by atoms with E-state index >= 15 is 0 Å². The van der Waals surface area contributed by atoms with Gasteiger partial charge in [-0.15, -0.1) is 0 Å². The fraction of sp³-hybridized carbons (Fsp3) is 0.615. The molecule has 3 nitrogen and oxygen atoms in total. The van der Waals surface area contributed by atoms with Crippen LogP contribution in [-0.4, -0.2) is 24.2 Å². The van der Waals surface area contributed by atoms with Crippen molar-refractivity contribution in [2.75, 3.05) is 18.5 Å². The molecule has 0 atom stereocenters. The molecule has 94 valence electrons. The highest BCUT2D eigenvalue weighted by molar-refractivity contribution is 9.10. The quantitative estimate of drug-likeness (QED) is 0.845. The van der Waals surface area contributed by atoms with E-state index < -0.39 is 0 Å². The van der Waals surface area contributed by atoms with Crippen LogP contribution in [0.25, 0.3) is 0 Å². The van der Waals surface area contributed by atoms with Gasteiger partial charge >= 0.3 is 0 Å². The van der Waals surface area contributed by atoms with Crippen molar-refractivity contribution in [1.29, 1.82) is 0 Å². The van der Waals surface area contributed by atoms with Gasteiger partial charge in [0.25, 0.3) is 0 Å². The Hall–Kier alpha value is -0.610. The van der Waals surface area contributed by atoms with E-state index in [1.165, 1.54) is 25.7 Å². The van der Waals surface area contributed by atoms with Crippen molar-refractivity contribution < 1.29 is 4.74 Å². The van der Waals surface area contributed by atoms with Gasteiger partial charge < -0.3 is 10.1 Å². The highest BCUT2D eigenvalue weighted by Crippen LogP contribution is 2.20. The number of pyridine rings is 1. The minimum atomic E-state index is 0.497. The second kappa shape index (κ2) is 6.36. The topological polar surface area (TPSA) is 34.2 Å². The maximum atomic E-state index is 5.78. The van der Waals surface area contributed by atoms with E-state index in [0.717, 1.165) is 29.1 Å². The number of nitrogens with one attached hydrogen (secondary N) is 1. The summed E-state index contributed by atoms with van der Waals surface area (Å²) >= 11 is 3.44. The third kappa shape index (κ3) is 3.96. The molecule has 1 aliphatic carbocycles. The molecule has 0 saturated heterocycles. The second-order valence-electron chi connectivity index (χ2n) is 4.47. The number of hydrogen-bond acceptors (Lipinski definition) is 3. The summed E-state index contributed by atoms with van der Waals surface area (Å²) in [5.41, 5.74) is 1.01. The van der Waals surface area contributed by atoms with Crippen LogP contribution in [0.5, 0.6) is 0 Å². The lowest BCUT2D eigenvalue weighted by Gasteiger charge is -2.12. The van der Waals surface area contributed by atoms with Gasteiger partial charge in [-0.05, 0) is 47.8 Å². The van der Waals surface area contributed by atoms with E-state index in [1.54, 1.807) is 0 Å².